The molecular formula is C17H12FNO2S2. The van der Waals surface area contributed by atoms with E-state index in [1.54, 1.807) is 18.2 Å². The number of rotatable bonds is 4. The van der Waals surface area contributed by atoms with E-state index >= 15 is 0 Å². The lowest BCUT2D eigenvalue weighted by molar-refractivity contribution is -0.115. The largest absolute Gasteiger partial charge is 0.489 e. The van der Waals surface area contributed by atoms with Crippen molar-refractivity contribution in [3.63, 3.8) is 0 Å². The van der Waals surface area contributed by atoms with Crippen LogP contribution in [-0.2, 0) is 11.4 Å². The third kappa shape index (κ3) is 4.18. The first kappa shape index (κ1) is 15.7. The summed E-state index contributed by atoms with van der Waals surface area (Å²) in [7, 11) is 0. The number of halogens is 1. The van der Waals surface area contributed by atoms with Gasteiger partial charge in [-0.1, -0.05) is 48.2 Å². The molecule has 2 aromatic carbocycles. The Bertz CT molecular complexity index is 787. The molecule has 0 aromatic heterocycles. The summed E-state index contributed by atoms with van der Waals surface area (Å²) in [6.45, 7) is 0.296. The van der Waals surface area contributed by atoms with Crippen LogP contribution in [0, 0.1) is 5.82 Å². The molecule has 0 aliphatic carbocycles. The lowest BCUT2D eigenvalue weighted by Crippen LogP contribution is -2.17. The zero-order valence-corrected chi connectivity index (χ0v) is 13.5. The lowest BCUT2D eigenvalue weighted by Gasteiger charge is -2.06. The summed E-state index contributed by atoms with van der Waals surface area (Å²) in [5.41, 5.74) is 1.65. The minimum absolute atomic E-state index is 0.175. The molecule has 1 heterocycles. The molecule has 3 rings (SSSR count). The monoisotopic (exact) mass is 345 g/mol. The Hall–Kier alpha value is -2.18. The molecule has 0 radical (unpaired) electrons. The van der Waals surface area contributed by atoms with Gasteiger partial charge >= 0.3 is 0 Å². The number of thioether (sulfide) groups is 1. The fourth-order valence-electron chi connectivity index (χ4n) is 2.03. The van der Waals surface area contributed by atoms with Crippen LogP contribution in [0.5, 0.6) is 5.75 Å². The summed E-state index contributed by atoms with van der Waals surface area (Å²) in [5.74, 6) is 0.222. The van der Waals surface area contributed by atoms with Crippen LogP contribution in [0.25, 0.3) is 6.08 Å². The van der Waals surface area contributed by atoms with E-state index in [0.29, 0.717) is 21.6 Å². The zero-order valence-electron chi connectivity index (χ0n) is 11.9. The van der Waals surface area contributed by atoms with Crippen molar-refractivity contribution < 1.29 is 13.9 Å². The van der Waals surface area contributed by atoms with Crippen LogP contribution in [0.3, 0.4) is 0 Å². The van der Waals surface area contributed by atoms with Crippen LogP contribution in [-0.4, -0.2) is 10.2 Å². The molecule has 0 bridgehead atoms. The number of hydrogen-bond donors (Lipinski definition) is 1. The summed E-state index contributed by atoms with van der Waals surface area (Å²) in [5, 5.41) is 2.57. The Morgan fingerprint density at radius 2 is 2.00 bits per heavy atom. The third-order valence-corrected chi connectivity index (χ3v) is 4.28. The summed E-state index contributed by atoms with van der Waals surface area (Å²) < 4.78 is 19.2. The Morgan fingerprint density at radius 1 is 1.22 bits per heavy atom. The van der Waals surface area contributed by atoms with Crippen molar-refractivity contribution in [1.82, 2.24) is 5.32 Å². The van der Waals surface area contributed by atoms with Crippen LogP contribution >= 0.6 is 24.0 Å². The van der Waals surface area contributed by atoms with Gasteiger partial charge in [0.05, 0.1) is 4.91 Å². The van der Waals surface area contributed by atoms with E-state index in [1.165, 1.54) is 23.9 Å². The highest BCUT2D eigenvalue weighted by Gasteiger charge is 2.21. The first-order valence-corrected chi connectivity index (χ1v) is 8.05. The Morgan fingerprint density at radius 3 is 2.65 bits per heavy atom. The van der Waals surface area contributed by atoms with Crippen LogP contribution in [0.4, 0.5) is 4.39 Å². The number of thiocarbonyl (C=S) groups is 1. The topological polar surface area (TPSA) is 38.3 Å². The molecule has 6 heteroatoms. The zero-order chi connectivity index (χ0) is 16.2. The highest BCUT2D eigenvalue weighted by Crippen LogP contribution is 2.26. The fourth-order valence-corrected chi connectivity index (χ4v) is 3.07. The number of carbonyl (C=O) groups is 1. The minimum atomic E-state index is -0.279. The molecule has 0 saturated carbocycles. The van der Waals surface area contributed by atoms with Crippen molar-refractivity contribution in [2.75, 3.05) is 0 Å². The maximum Gasteiger partial charge on any atom is 0.263 e. The molecular weight excluding hydrogens is 333 g/mol. The van der Waals surface area contributed by atoms with Crippen LogP contribution in [0.2, 0.25) is 0 Å². The molecule has 0 atom stereocenters. The molecule has 1 aliphatic heterocycles. The number of benzene rings is 2. The van der Waals surface area contributed by atoms with Crippen molar-refractivity contribution in [3.8, 4) is 5.75 Å². The summed E-state index contributed by atoms with van der Waals surface area (Å²) in [4.78, 5) is 12.2. The van der Waals surface area contributed by atoms with Gasteiger partial charge in [-0.05, 0) is 41.5 Å². The number of hydrogen-bond acceptors (Lipinski definition) is 4. The first-order chi connectivity index (χ1) is 11.1. The number of amides is 1. The predicted molar refractivity (Wildman–Crippen MR) is 93.5 cm³/mol. The maximum absolute atomic E-state index is 13.1. The van der Waals surface area contributed by atoms with Gasteiger partial charge in [-0.2, -0.15) is 0 Å². The van der Waals surface area contributed by atoms with E-state index in [2.05, 4.69) is 5.32 Å². The second-order valence-electron chi connectivity index (χ2n) is 4.84. The summed E-state index contributed by atoms with van der Waals surface area (Å²) in [6, 6.07) is 13.6. The van der Waals surface area contributed by atoms with Gasteiger partial charge in [0.25, 0.3) is 5.91 Å². The van der Waals surface area contributed by atoms with Crippen LogP contribution < -0.4 is 10.1 Å². The van der Waals surface area contributed by atoms with Gasteiger partial charge in [0.2, 0.25) is 0 Å². The van der Waals surface area contributed by atoms with Crippen molar-refractivity contribution in [2.24, 2.45) is 0 Å². The van der Waals surface area contributed by atoms with Gasteiger partial charge in [0, 0.05) is 0 Å². The van der Waals surface area contributed by atoms with Crippen LogP contribution in [0.1, 0.15) is 11.1 Å². The summed E-state index contributed by atoms with van der Waals surface area (Å²) in [6.07, 6.45) is 1.77. The number of nitrogens with one attached hydrogen (secondary N) is 1. The lowest BCUT2D eigenvalue weighted by atomic mass is 10.2. The van der Waals surface area contributed by atoms with Gasteiger partial charge in [-0.25, -0.2) is 4.39 Å². The maximum atomic E-state index is 13.1. The molecule has 2 aromatic rings. The van der Waals surface area contributed by atoms with Gasteiger partial charge in [0.1, 0.15) is 22.5 Å². The second kappa shape index (κ2) is 6.93. The fraction of sp³-hybridized carbons (Fsp3) is 0.0588. The van der Waals surface area contributed by atoms with Crippen LogP contribution in [0.15, 0.2) is 53.4 Å². The SMILES string of the molecule is O=C1NC(=S)SC1=Cc1ccc(OCc2cccc(F)c2)cc1. The Kier molecular flexibility index (Phi) is 4.73. The molecule has 1 saturated heterocycles. The second-order valence-corrected chi connectivity index (χ2v) is 6.56. The summed E-state index contributed by atoms with van der Waals surface area (Å²) >= 11 is 6.19. The third-order valence-electron chi connectivity index (χ3n) is 3.11. The van der Waals surface area contributed by atoms with E-state index < -0.39 is 0 Å². The molecule has 1 aliphatic rings. The minimum Gasteiger partial charge on any atom is -0.489 e. The predicted octanol–water partition coefficient (Wildman–Crippen LogP) is 3.89. The van der Waals surface area contributed by atoms with Gasteiger partial charge in [0.15, 0.2) is 0 Å². The Balaban J connectivity index is 1.64. The molecule has 3 nitrogen and oxygen atoms in total. The highest BCUT2D eigenvalue weighted by molar-refractivity contribution is 8.26. The van der Waals surface area contributed by atoms with Crippen molar-refractivity contribution in [1.29, 1.82) is 0 Å². The van der Waals surface area contributed by atoms with E-state index in [0.717, 1.165) is 11.1 Å². The average Bonchev–Trinajstić information content (AvgIpc) is 2.84. The van der Waals surface area contributed by atoms with E-state index in [-0.39, 0.29) is 11.7 Å². The molecule has 1 amide bonds. The van der Waals surface area contributed by atoms with E-state index in [4.69, 9.17) is 17.0 Å². The van der Waals surface area contributed by atoms with Gasteiger partial charge in [-0.15, -0.1) is 0 Å². The Labute approximate surface area is 142 Å². The average molecular weight is 345 g/mol. The molecule has 0 spiro atoms. The van der Waals surface area contributed by atoms with Crippen molar-refractivity contribution in [3.05, 3.63) is 70.4 Å². The molecule has 116 valence electrons. The highest BCUT2D eigenvalue weighted by atomic mass is 32.2. The smallest absolute Gasteiger partial charge is 0.263 e. The molecule has 1 fully saturated rings. The van der Waals surface area contributed by atoms with Gasteiger partial charge in [-0.3, -0.25) is 4.79 Å². The first-order valence-electron chi connectivity index (χ1n) is 6.82. The molecule has 0 unspecified atom stereocenters. The van der Waals surface area contributed by atoms with Gasteiger partial charge < -0.3 is 10.1 Å². The number of carbonyl (C=O) groups excluding carboxylic acids is 1. The standard InChI is InChI=1S/C17H12FNO2S2/c18-13-3-1-2-12(8-13)10-21-14-6-4-11(5-7-14)9-15-16(20)19-17(22)23-15/h1-9H,10H2,(H,19,20,22). The quantitative estimate of drug-likeness (QED) is 0.674. The van der Waals surface area contributed by atoms with E-state index in [9.17, 15) is 9.18 Å². The molecule has 1 N–H and O–H groups in total. The van der Waals surface area contributed by atoms with E-state index in [1.807, 2.05) is 24.3 Å². The van der Waals surface area contributed by atoms with Crippen molar-refractivity contribution >= 4 is 40.3 Å². The van der Waals surface area contributed by atoms with Crippen molar-refractivity contribution in [2.45, 2.75) is 6.61 Å². The number of ether oxygens (including phenoxy) is 1. The normalized spacial score (nSPS) is 15.8. The molecule has 23 heavy (non-hydrogen) atoms.